The number of benzene rings is 1. The lowest BCUT2D eigenvalue weighted by atomic mass is 10.0. The first-order valence-corrected chi connectivity index (χ1v) is 8.78. The predicted octanol–water partition coefficient (Wildman–Crippen LogP) is 2.95. The van der Waals surface area contributed by atoms with Gasteiger partial charge >= 0.3 is 0 Å². The van der Waals surface area contributed by atoms with Crippen molar-refractivity contribution in [3.05, 3.63) is 59.3 Å². The first kappa shape index (κ1) is 16.9. The van der Waals surface area contributed by atoms with E-state index in [0.29, 0.717) is 6.04 Å². The molecule has 1 aromatic carbocycles. The number of anilines is 1. The predicted molar refractivity (Wildman–Crippen MR) is 98.5 cm³/mol. The summed E-state index contributed by atoms with van der Waals surface area (Å²) in [5.41, 5.74) is 4.04. The molecule has 0 spiro atoms. The van der Waals surface area contributed by atoms with Gasteiger partial charge in [-0.15, -0.1) is 0 Å². The SMILES string of the molecule is Cc1ccccc1CC(C)NCc1cccnc1N1CCOCC1. The number of hydrogen-bond donors (Lipinski definition) is 1. The minimum absolute atomic E-state index is 0.420. The van der Waals surface area contributed by atoms with Gasteiger partial charge in [0.05, 0.1) is 13.2 Å². The van der Waals surface area contributed by atoms with Gasteiger partial charge in [-0.2, -0.15) is 0 Å². The number of morpholine rings is 1. The molecule has 1 saturated heterocycles. The van der Waals surface area contributed by atoms with Crippen molar-refractivity contribution in [2.45, 2.75) is 32.9 Å². The van der Waals surface area contributed by atoms with Crippen molar-refractivity contribution in [3.8, 4) is 0 Å². The Morgan fingerprint density at radius 2 is 1.88 bits per heavy atom. The summed E-state index contributed by atoms with van der Waals surface area (Å²) < 4.78 is 5.45. The summed E-state index contributed by atoms with van der Waals surface area (Å²) >= 11 is 0. The molecule has 0 aliphatic carbocycles. The summed E-state index contributed by atoms with van der Waals surface area (Å²) in [4.78, 5) is 6.93. The summed E-state index contributed by atoms with van der Waals surface area (Å²) in [6, 6.07) is 13.2. The van der Waals surface area contributed by atoms with E-state index >= 15 is 0 Å². The maximum atomic E-state index is 5.45. The standard InChI is InChI=1S/C20H27N3O/c1-16-6-3-4-7-18(16)14-17(2)22-15-19-8-5-9-21-20(19)23-10-12-24-13-11-23/h3-9,17,22H,10-15H2,1-2H3. The van der Waals surface area contributed by atoms with E-state index in [4.69, 9.17) is 4.74 Å². The van der Waals surface area contributed by atoms with Crippen molar-refractivity contribution in [2.75, 3.05) is 31.2 Å². The normalized spacial score (nSPS) is 16.2. The molecule has 24 heavy (non-hydrogen) atoms. The Hall–Kier alpha value is -1.91. The molecule has 1 fully saturated rings. The fourth-order valence-electron chi connectivity index (χ4n) is 3.15. The van der Waals surface area contributed by atoms with Crippen LogP contribution in [-0.4, -0.2) is 37.3 Å². The maximum Gasteiger partial charge on any atom is 0.133 e. The van der Waals surface area contributed by atoms with Crippen LogP contribution < -0.4 is 10.2 Å². The molecule has 0 radical (unpaired) electrons. The van der Waals surface area contributed by atoms with Crippen molar-refractivity contribution >= 4 is 5.82 Å². The molecule has 4 nitrogen and oxygen atoms in total. The Bertz CT molecular complexity index is 653. The molecular weight excluding hydrogens is 298 g/mol. The topological polar surface area (TPSA) is 37.4 Å². The molecule has 1 atom stereocenters. The number of pyridine rings is 1. The smallest absolute Gasteiger partial charge is 0.133 e. The summed E-state index contributed by atoms with van der Waals surface area (Å²) in [5.74, 6) is 1.09. The lowest BCUT2D eigenvalue weighted by Crippen LogP contribution is -2.38. The molecule has 0 amide bonds. The van der Waals surface area contributed by atoms with Crippen LogP contribution in [-0.2, 0) is 17.7 Å². The van der Waals surface area contributed by atoms with E-state index < -0.39 is 0 Å². The van der Waals surface area contributed by atoms with Crippen molar-refractivity contribution < 1.29 is 4.74 Å². The molecule has 2 heterocycles. The van der Waals surface area contributed by atoms with Crippen LogP contribution in [0.5, 0.6) is 0 Å². The molecule has 0 bridgehead atoms. The molecule has 1 aliphatic heterocycles. The van der Waals surface area contributed by atoms with Crippen molar-refractivity contribution in [1.29, 1.82) is 0 Å². The summed E-state index contributed by atoms with van der Waals surface area (Å²) in [6.45, 7) is 8.68. The Balaban J connectivity index is 1.61. The quantitative estimate of drug-likeness (QED) is 0.886. The Labute approximate surface area is 144 Å². The van der Waals surface area contributed by atoms with Crippen LogP contribution in [0.15, 0.2) is 42.6 Å². The number of ether oxygens (including phenoxy) is 1. The number of rotatable bonds is 6. The molecule has 1 aromatic heterocycles. The van der Waals surface area contributed by atoms with Crippen LogP contribution in [0.4, 0.5) is 5.82 Å². The zero-order valence-electron chi connectivity index (χ0n) is 14.7. The highest BCUT2D eigenvalue weighted by atomic mass is 16.5. The number of nitrogens with zero attached hydrogens (tertiary/aromatic N) is 2. The Morgan fingerprint density at radius 1 is 1.12 bits per heavy atom. The summed E-state index contributed by atoms with van der Waals surface area (Å²) in [7, 11) is 0. The number of aromatic nitrogens is 1. The highest BCUT2D eigenvalue weighted by Gasteiger charge is 2.16. The number of nitrogens with one attached hydrogen (secondary N) is 1. The fraction of sp³-hybridized carbons (Fsp3) is 0.450. The monoisotopic (exact) mass is 325 g/mol. The van der Waals surface area contributed by atoms with Crippen LogP contribution in [0.2, 0.25) is 0 Å². The van der Waals surface area contributed by atoms with Gasteiger partial charge < -0.3 is 15.0 Å². The van der Waals surface area contributed by atoms with Crippen LogP contribution in [0, 0.1) is 6.92 Å². The van der Waals surface area contributed by atoms with E-state index in [1.165, 1.54) is 16.7 Å². The average Bonchev–Trinajstić information content (AvgIpc) is 2.63. The van der Waals surface area contributed by atoms with Gasteiger partial charge in [-0.05, 0) is 37.5 Å². The minimum atomic E-state index is 0.420. The Morgan fingerprint density at radius 3 is 2.67 bits per heavy atom. The van der Waals surface area contributed by atoms with E-state index in [9.17, 15) is 0 Å². The van der Waals surface area contributed by atoms with E-state index in [2.05, 4.69) is 59.4 Å². The van der Waals surface area contributed by atoms with Crippen molar-refractivity contribution in [3.63, 3.8) is 0 Å². The van der Waals surface area contributed by atoms with Gasteiger partial charge in [-0.1, -0.05) is 30.3 Å². The lowest BCUT2D eigenvalue weighted by molar-refractivity contribution is 0.122. The van der Waals surface area contributed by atoms with Gasteiger partial charge in [0, 0.05) is 37.4 Å². The zero-order valence-corrected chi connectivity index (χ0v) is 14.7. The van der Waals surface area contributed by atoms with Gasteiger partial charge in [-0.3, -0.25) is 0 Å². The number of aryl methyl sites for hydroxylation is 1. The average molecular weight is 325 g/mol. The maximum absolute atomic E-state index is 5.45. The second-order valence-corrected chi connectivity index (χ2v) is 6.50. The van der Waals surface area contributed by atoms with E-state index in [-0.39, 0.29) is 0 Å². The second-order valence-electron chi connectivity index (χ2n) is 6.50. The molecule has 4 heteroatoms. The van der Waals surface area contributed by atoms with Gasteiger partial charge in [0.15, 0.2) is 0 Å². The molecule has 1 N–H and O–H groups in total. The first-order chi connectivity index (χ1) is 11.7. The first-order valence-electron chi connectivity index (χ1n) is 8.78. The molecule has 2 aromatic rings. The van der Waals surface area contributed by atoms with Crippen molar-refractivity contribution in [1.82, 2.24) is 10.3 Å². The van der Waals surface area contributed by atoms with Gasteiger partial charge in [0.2, 0.25) is 0 Å². The van der Waals surface area contributed by atoms with E-state index in [1.807, 2.05) is 12.3 Å². The number of hydrogen-bond acceptors (Lipinski definition) is 4. The highest BCUT2D eigenvalue weighted by Crippen LogP contribution is 2.18. The lowest BCUT2D eigenvalue weighted by Gasteiger charge is -2.29. The van der Waals surface area contributed by atoms with E-state index in [1.54, 1.807) is 0 Å². The van der Waals surface area contributed by atoms with Crippen molar-refractivity contribution in [2.24, 2.45) is 0 Å². The minimum Gasteiger partial charge on any atom is -0.378 e. The van der Waals surface area contributed by atoms with E-state index in [0.717, 1.165) is 45.1 Å². The second kappa shape index (κ2) is 8.27. The molecular formula is C20H27N3O. The van der Waals surface area contributed by atoms with Gasteiger partial charge in [0.25, 0.3) is 0 Å². The van der Waals surface area contributed by atoms with Gasteiger partial charge in [0.1, 0.15) is 5.82 Å². The summed E-state index contributed by atoms with van der Waals surface area (Å²) in [5, 5.41) is 3.66. The molecule has 1 unspecified atom stereocenters. The zero-order chi connectivity index (χ0) is 16.8. The summed E-state index contributed by atoms with van der Waals surface area (Å²) in [6.07, 6.45) is 2.92. The van der Waals surface area contributed by atoms with Crippen LogP contribution in [0.25, 0.3) is 0 Å². The van der Waals surface area contributed by atoms with Crippen LogP contribution in [0.3, 0.4) is 0 Å². The molecule has 0 saturated carbocycles. The van der Waals surface area contributed by atoms with Crippen LogP contribution in [0.1, 0.15) is 23.6 Å². The third kappa shape index (κ3) is 4.34. The highest BCUT2D eigenvalue weighted by molar-refractivity contribution is 5.47. The fourth-order valence-corrected chi connectivity index (χ4v) is 3.15. The molecule has 3 rings (SSSR count). The van der Waals surface area contributed by atoms with Gasteiger partial charge in [-0.25, -0.2) is 4.98 Å². The third-order valence-electron chi connectivity index (χ3n) is 4.61. The molecule has 128 valence electrons. The molecule has 1 aliphatic rings. The Kier molecular flexibility index (Phi) is 5.83. The third-order valence-corrected chi connectivity index (χ3v) is 4.61. The largest absolute Gasteiger partial charge is 0.378 e. The van der Waals surface area contributed by atoms with Crippen LogP contribution >= 0.6 is 0 Å².